The van der Waals surface area contributed by atoms with E-state index in [-0.39, 0.29) is 12.1 Å². The molecule has 5 rings (SSSR count). The van der Waals surface area contributed by atoms with Gasteiger partial charge in [0.2, 0.25) is 0 Å². The molecule has 3 aliphatic carbocycles. The molecule has 1 aromatic carbocycles. The minimum absolute atomic E-state index is 0.0936. The van der Waals surface area contributed by atoms with Crippen LogP contribution >= 0.6 is 11.6 Å². The fraction of sp³-hybridized carbons (Fsp3) is 0.560. The van der Waals surface area contributed by atoms with Crippen molar-refractivity contribution in [3.05, 3.63) is 52.2 Å². The van der Waals surface area contributed by atoms with Crippen molar-refractivity contribution in [3.8, 4) is 0 Å². The van der Waals surface area contributed by atoms with Crippen LogP contribution in [0.4, 0.5) is 5.82 Å². The lowest BCUT2D eigenvalue weighted by Gasteiger charge is -2.43. The van der Waals surface area contributed by atoms with Crippen molar-refractivity contribution in [1.82, 2.24) is 4.98 Å². The van der Waals surface area contributed by atoms with Crippen LogP contribution in [0.3, 0.4) is 0 Å². The Bertz CT molecular complexity index is 984. The number of benzene rings is 1. The second-order valence-electron chi connectivity index (χ2n) is 9.72. The van der Waals surface area contributed by atoms with Crippen LogP contribution in [0.25, 0.3) is 0 Å². The van der Waals surface area contributed by atoms with Gasteiger partial charge in [0.15, 0.2) is 0 Å². The van der Waals surface area contributed by atoms with E-state index in [1.807, 2.05) is 12.1 Å². The van der Waals surface area contributed by atoms with Gasteiger partial charge in [-0.25, -0.2) is 4.98 Å². The van der Waals surface area contributed by atoms with E-state index in [0.29, 0.717) is 17.8 Å². The maximum Gasteiger partial charge on any atom is 0.143 e. The molecule has 0 bridgehead atoms. The lowest BCUT2D eigenvalue weighted by Crippen LogP contribution is -2.48. The maximum atomic E-state index is 12.5. The van der Waals surface area contributed by atoms with Crippen molar-refractivity contribution in [3.63, 3.8) is 0 Å². The topological polar surface area (TPSA) is 62.2 Å². The van der Waals surface area contributed by atoms with Crippen molar-refractivity contribution in [2.75, 3.05) is 18.2 Å². The van der Waals surface area contributed by atoms with Gasteiger partial charge >= 0.3 is 0 Å². The summed E-state index contributed by atoms with van der Waals surface area (Å²) in [5, 5.41) is 14.2. The van der Waals surface area contributed by atoms with E-state index in [9.17, 15) is 9.32 Å². The number of aliphatic hydroxyl groups excluding tert-OH is 1. The Hall–Kier alpha value is -1.43. The van der Waals surface area contributed by atoms with Gasteiger partial charge < -0.3 is 10.4 Å². The SMILES string of the molecule is CS(=O)c1cc2c(nc1NC1(CO)CCC1)C1CCC(c3ccc(Cl)cc3)CC1CC2. The van der Waals surface area contributed by atoms with Crippen LogP contribution in [-0.2, 0) is 17.2 Å². The van der Waals surface area contributed by atoms with Gasteiger partial charge in [-0.05, 0) is 92.5 Å². The highest BCUT2D eigenvalue weighted by Gasteiger charge is 2.40. The summed E-state index contributed by atoms with van der Waals surface area (Å²) in [4.78, 5) is 5.89. The number of hydrogen-bond donors (Lipinski definition) is 2. The third-order valence-electron chi connectivity index (χ3n) is 7.87. The van der Waals surface area contributed by atoms with Crippen LogP contribution in [0.5, 0.6) is 0 Å². The molecule has 1 heterocycles. The van der Waals surface area contributed by atoms with Gasteiger partial charge in [-0.1, -0.05) is 23.7 Å². The molecule has 4 unspecified atom stereocenters. The highest BCUT2D eigenvalue weighted by atomic mass is 35.5. The summed E-state index contributed by atoms with van der Waals surface area (Å²) in [6.45, 7) is 0.0936. The van der Waals surface area contributed by atoms with E-state index >= 15 is 0 Å². The lowest BCUT2D eigenvalue weighted by molar-refractivity contribution is 0.143. The number of aliphatic hydroxyl groups is 1. The molecular weight excluding hydrogens is 428 g/mol. The number of rotatable bonds is 5. The Labute approximate surface area is 192 Å². The highest BCUT2D eigenvalue weighted by Crippen LogP contribution is 2.50. The molecule has 2 saturated carbocycles. The lowest BCUT2D eigenvalue weighted by atomic mass is 9.65. The van der Waals surface area contributed by atoms with Gasteiger partial charge in [0.25, 0.3) is 0 Å². The van der Waals surface area contributed by atoms with Crippen LogP contribution in [-0.4, -0.2) is 32.7 Å². The molecule has 166 valence electrons. The Morgan fingerprint density at radius 1 is 1.23 bits per heavy atom. The predicted molar refractivity (Wildman–Crippen MR) is 126 cm³/mol. The summed E-state index contributed by atoms with van der Waals surface area (Å²) in [6, 6.07) is 10.5. The Kier molecular flexibility index (Phi) is 5.87. The molecule has 0 radical (unpaired) electrons. The second kappa shape index (κ2) is 8.49. The average Bonchev–Trinajstić information content (AvgIpc) is 2.75. The maximum absolute atomic E-state index is 12.5. The van der Waals surface area contributed by atoms with Crippen molar-refractivity contribution >= 4 is 28.2 Å². The van der Waals surface area contributed by atoms with Gasteiger partial charge in [-0.15, -0.1) is 0 Å². The number of aryl methyl sites for hydroxylation is 1. The third-order valence-corrected chi connectivity index (χ3v) is 9.05. The number of nitrogens with one attached hydrogen (secondary N) is 1. The average molecular weight is 459 g/mol. The van der Waals surface area contributed by atoms with Crippen molar-refractivity contribution in [1.29, 1.82) is 0 Å². The molecule has 0 amide bonds. The van der Waals surface area contributed by atoms with Gasteiger partial charge in [-0.2, -0.15) is 0 Å². The summed E-state index contributed by atoms with van der Waals surface area (Å²) in [5.74, 6) is 2.43. The van der Waals surface area contributed by atoms with Crippen LogP contribution < -0.4 is 5.32 Å². The van der Waals surface area contributed by atoms with E-state index in [1.54, 1.807) is 6.26 Å². The molecule has 4 nitrogen and oxygen atoms in total. The van der Waals surface area contributed by atoms with E-state index in [1.165, 1.54) is 29.7 Å². The normalized spacial score (nSPS) is 27.5. The van der Waals surface area contributed by atoms with Crippen molar-refractivity contribution < 1.29 is 9.32 Å². The van der Waals surface area contributed by atoms with Gasteiger partial charge in [0.1, 0.15) is 5.82 Å². The van der Waals surface area contributed by atoms with Crippen LogP contribution in [0.1, 0.15) is 73.6 Å². The van der Waals surface area contributed by atoms with Crippen LogP contribution in [0, 0.1) is 5.92 Å². The number of hydrogen-bond acceptors (Lipinski definition) is 4. The van der Waals surface area contributed by atoms with Gasteiger partial charge in [-0.3, -0.25) is 4.21 Å². The van der Waals surface area contributed by atoms with Gasteiger partial charge in [0, 0.05) is 22.9 Å². The summed E-state index contributed by atoms with van der Waals surface area (Å²) in [7, 11) is -1.11. The molecule has 3 aliphatic rings. The Balaban J connectivity index is 1.42. The van der Waals surface area contributed by atoms with Gasteiger partial charge in [0.05, 0.1) is 27.8 Å². The highest BCUT2D eigenvalue weighted by molar-refractivity contribution is 7.84. The first-order valence-electron chi connectivity index (χ1n) is 11.5. The van der Waals surface area contributed by atoms with Crippen molar-refractivity contribution in [2.45, 2.75) is 73.6 Å². The van der Waals surface area contributed by atoms with Crippen molar-refractivity contribution in [2.24, 2.45) is 5.92 Å². The zero-order valence-electron chi connectivity index (χ0n) is 18.1. The quantitative estimate of drug-likeness (QED) is 0.628. The molecule has 1 aromatic heterocycles. The molecule has 2 N–H and O–H groups in total. The number of aromatic nitrogens is 1. The predicted octanol–water partition coefficient (Wildman–Crippen LogP) is 5.41. The van der Waals surface area contributed by atoms with Crippen LogP contribution in [0.15, 0.2) is 35.2 Å². The number of nitrogens with zero attached hydrogens (tertiary/aromatic N) is 1. The fourth-order valence-corrected chi connectivity index (χ4v) is 6.68. The van der Waals surface area contributed by atoms with E-state index in [0.717, 1.165) is 54.3 Å². The molecule has 2 aromatic rings. The molecule has 0 saturated heterocycles. The summed E-state index contributed by atoms with van der Waals surface area (Å²) in [5.41, 5.74) is 3.58. The molecular formula is C25H31ClN2O2S. The first kappa shape index (κ1) is 21.4. The largest absolute Gasteiger partial charge is 0.394 e. The zero-order valence-corrected chi connectivity index (χ0v) is 19.6. The van der Waals surface area contributed by atoms with E-state index in [2.05, 4.69) is 23.5 Å². The Morgan fingerprint density at radius 2 is 2.00 bits per heavy atom. The molecule has 2 fully saturated rings. The smallest absolute Gasteiger partial charge is 0.143 e. The Morgan fingerprint density at radius 3 is 2.65 bits per heavy atom. The third kappa shape index (κ3) is 4.05. The number of halogens is 1. The first-order valence-corrected chi connectivity index (χ1v) is 13.4. The number of fused-ring (bicyclic) bond motifs is 3. The summed E-state index contributed by atoms with van der Waals surface area (Å²) in [6.07, 6.45) is 10.4. The first-order chi connectivity index (χ1) is 15.0. The fourth-order valence-electron chi connectivity index (χ4n) is 5.88. The van der Waals surface area contributed by atoms with E-state index in [4.69, 9.17) is 16.6 Å². The molecule has 6 heteroatoms. The molecule has 0 spiro atoms. The summed E-state index contributed by atoms with van der Waals surface area (Å²) >= 11 is 6.09. The monoisotopic (exact) mass is 458 g/mol. The summed E-state index contributed by atoms with van der Waals surface area (Å²) < 4.78 is 12.5. The van der Waals surface area contributed by atoms with E-state index < -0.39 is 10.8 Å². The number of pyridine rings is 1. The molecule has 31 heavy (non-hydrogen) atoms. The standard InChI is InChI=1S/C25H31ClN2O2S/c1-31(30)22-14-19-4-3-18-13-17(16-5-8-20(26)9-6-16)7-10-21(18)23(19)27-24(22)28-25(15-29)11-2-12-25/h5-6,8-9,14,17-18,21,29H,2-4,7,10-13,15H2,1H3,(H,27,28). The minimum Gasteiger partial charge on any atom is -0.394 e. The molecule has 0 aliphatic heterocycles. The molecule has 4 atom stereocenters. The second-order valence-corrected chi connectivity index (χ2v) is 11.5. The van der Waals surface area contributed by atoms with Crippen LogP contribution in [0.2, 0.25) is 5.02 Å². The zero-order chi connectivity index (χ0) is 21.6. The number of anilines is 1. The minimum atomic E-state index is -1.11.